The van der Waals surface area contributed by atoms with Gasteiger partial charge >= 0.3 is 0 Å². The van der Waals surface area contributed by atoms with Crippen LogP contribution in [0.1, 0.15) is 50.1 Å². The molecule has 1 unspecified atom stereocenters. The van der Waals surface area contributed by atoms with Crippen molar-refractivity contribution in [3.8, 4) is 0 Å². The Labute approximate surface area is 125 Å². The van der Waals surface area contributed by atoms with Crippen LogP contribution in [0.3, 0.4) is 0 Å². The predicted molar refractivity (Wildman–Crippen MR) is 80.5 cm³/mol. The summed E-state index contributed by atoms with van der Waals surface area (Å²) in [4.78, 5) is 26.3. The number of carbonyl (C=O) groups excluding carboxylic acids is 2. The third kappa shape index (κ3) is 3.09. The van der Waals surface area contributed by atoms with E-state index in [0.29, 0.717) is 6.42 Å². The van der Waals surface area contributed by atoms with Gasteiger partial charge in [0.1, 0.15) is 6.04 Å². The third-order valence-electron chi connectivity index (χ3n) is 4.50. The maximum Gasteiger partial charge on any atom is 0.245 e. The van der Waals surface area contributed by atoms with Gasteiger partial charge in [0.15, 0.2) is 0 Å². The Morgan fingerprint density at radius 3 is 2.67 bits per heavy atom. The third-order valence-corrected chi connectivity index (χ3v) is 4.50. The number of hydrogen-bond acceptors (Lipinski definition) is 2. The fourth-order valence-electron chi connectivity index (χ4n) is 3.41. The van der Waals surface area contributed by atoms with Crippen LogP contribution in [0.2, 0.25) is 0 Å². The normalized spacial score (nSPS) is 26.3. The van der Waals surface area contributed by atoms with Crippen molar-refractivity contribution in [1.82, 2.24) is 10.2 Å². The zero-order chi connectivity index (χ0) is 14.7. The lowest BCUT2D eigenvalue weighted by molar-refractivity contribution is -0.141. The first kappa shape index (κ1) is 14.1. The molecule has 1 aromatic rings. The van der Waals surface area contributed by atoms with Crippen molar-refractivity contribution >= 4 is 11.8 Å². The van der Waals surface area contributed by atoms with E-state index < -0.39 is 0 Å². The second kappa shape index (κ2) is 6.29. The quantitative estimate of drug-likeness (QED) is 0.907. The molecule has 2 fully saturated rings. The number of piperidine rings is 2. The highest BCUT2D eigenvalue weighted by Gasteiger charge is 2.34. The molecule has 2 heterocycles. The van der Waals surface area contributed by atoms with Crippen molar-refractivity contribution in [2.45, 2.75) is 50.6 Å². The molecule has 2 saturated heterocycles. The lowest BCUT2D eigenvalue weighted by Gasteiger charge is -2.39. The molecule has 0 aromatic heterocycles. The molecule has 2 amide bonds. The van der Waals surface area contributed by atoms with Crippen molar-refractivity contribution in [1.29, 1.82) is 0 Å². The fraction of sp³-hybridized carbons (Fsp3) is 0.529. The molecule has 2 aliphatic rings. The molecule has 21 heavy (non-hydrogen) atoms. The minimum Gasteiger partial charge on any atom is -0.344 e. The standard InChI is InChI=1S/C17H22N2O2/c20-16-11-6-9-14(18-16)17(21)19-12-5-4-10-15(19)13-7-2-1-3-8-13/h1-3,7-8,14-15H,4-6,9-12H2,(H,18,20)/t14-,15?/m1/s1. The molecule has 0 saturated carbocycles. The molecule has 0 spiro atoms. The highest BCUT2D eigenvalue weighted by Crippen LogP contribution is 2.31. The zero-order valence-electron chi connectivity index (χ0n) is 12.3. The van der Waals surface area contributed by atoms with Crippen LogP contribution in [-0.2, 0) is 9.59 Å². The number of nitrogens with one attached hydrogen (secondary N) is 1. The van der Waals surface area contributed by atoms with Gasteiger partial charge in [-0.2, -0.15) is 0 Å². The maximum atomic E-state index is 12.8. The maximum absolute atomic E-state index is 12.8. The number of amides is 2. The van der Waals surface area contributed by atoms with E-state index in [2.05, 4.69) is 17.4 Å². The molecule has 0 radical (unpaired) electrons. The number of carbonyl (C=O) groups is 2. The van der Waals surface area contributed by atoms with Crippen LogP contribution < -0.4 is 5.32 Å². The first-order chi connectivity index (χ1) is 10.3. The molecule has 4 heteroatoms. The largest absolute Gasteiger partial charge is 0.344 e. The number of rotatable bonds is 2. The van der Waals surface area contributed by atoms with E-state index >= 15 is 0 Å². The summed E-state index contributed by atoms with van der Waals surface area (Å²) >= 11 is 0. The van der Waals surface area contributed by atoms with Gasteiger partial charge in [-0.15, -0.1) is 0 Å². The van der Waals surface area contributed by atoms with Gasteiger partial charge in [0.25, 0.3) is 0 Å². The summed E-state index contributed by atoms with van der Waals surface area (Å²) in [5.41, 5.74) is 1.20. The predicted octanol–water partition coefficient (Wildman–Crippen LogP) is 2.41. The number of hydrogen-bond donors (Lipinski definition) is 1. The first-order valence-electron chi connectivity index (χ1n) is 7.90. The molecular weight excluding hydrogens is 264 g/mol. The molecule has 2 aliphatic heterocycles. The fourth-order valence-corrected chi connectivity index (χ4v) is 3.41. The summed E-state index contributed by atoms with van der Waals surface area (Å²) in [7, 11) is 0. The minimum atomic E-state index is -0.324. The lowest BCUT2D eigenvalue weighted by Crippen LogP contribution is -2.52. The lowest BCUT2D eigenvalue weighted by atomic mass is 9.93. The number of benzene rings is 1. The summed E-state index contributed by atoms with van der Waals surface area (Å²) in [5, 5.41) is 2.86. The molecular formula is C17H22N2O2. The second-order valence-corrected chi connectivity index (χ2v) is 5.97. The van der Waals surface area contributed by atoms with E-state index in [0.717, 1.165) is 38.6 Å². The van der Waals surface area contributed by atoms with Crippen LogP contribution in [0.5, 0.6) is 0 Å². The zero-order valence-corrected chi connectivity index (χ0v) is 12.3. The monoisotopic (exact) mass is 286 g/mol. The van der Waals surface area contributed by atoms with Crippen molar-refractivity contribution in [2.75, 3.05) is 6.54 Å². The van der Waals surface area contributed by atoms with Crippen molar-refractivity contribution in [3.05, 3.63) is 35.9 Å². The Morgan fingerprint density at radius 1 is 1.10 bits per heavy atom. The van der Waals surface area contributed by atoms with Gasteiger partial charge in [0.2, 0.25) is 11.8 Å². The van der Waals surface area contributed by atoms with Crippen LogP contribution in [0.25, 0.3) is 0 Å². The van der Waals surface area contributed by atoms with E-state index in [4.69, 9.17) is 0 Å². The van der Waals surface area contributed by atoms with E-state index in [-0.39, 0.29) is 23.9 Å². The van der Waals surface area contributed by atoms with E-state index in [1.807, 2.05) is 23.1 Å². The molecule has 2 atom stereocenters. The minimum absolute atomic E-state index is 0.00729. The molecule has 0 bridgehead atoms. The molecule has 3 rings (SSSR count). The van der Waals surface area contributed by atoms with Crippen molar-refractivity contribution in [2.24, 2.45) is 0 Å². The van der Waals surface area contributed by atoms with Crippen LogP contribution in [0, 0.1) is 0 Å². The average molecular weight is 286 g/mol. The summed E-state index contributed by atoms with van der Waals surface area (Å²) in [6.45, 7) is 0.796. The van der Waals surface area contributed by atoms with Gasteiger partial charge in [0, 0.05) is 13.0 Å². The Balaban J connectivity index is 1.77. The molecule has 1 N–H and O–H groups in total. The summed E-state index contributed by atoms with van der Waals surface area (Å²) in [5.74, 6) is 0.101. The Kier molecular flexibility index (Phi) is 4.23. The molecule has 1 aromatic carbocycles. The Hall–Kier alpha value is -1.84. The van der Waals surface area contributed by atoms with Gasteiger partial charge in [-0.3, -0.25) is 9.59 Å². The van der Waals surface area contributed by atoms with Crippen molar-refractivity contribution < 1.29 is 9.59 Å². The van der Waals surface area contributed by atoms with Crippen molar-refractivity contribution in [3.63, 3.8) is 0 Å². The second-order valence-electron chi connectivity index (χ2n) is 5.97. The first-order valence-corrected chi connectivity index (χ1v) is 7.90. The van der Waals surface area contributed by atoms with E-state index in [1.165, 1.54) is 5.56 Å². The Morgan fingerprint density at radius 2 is 1.90 bits per heavy atom. The average Bonchev–Trinajstić information content (AvgIpc) is 2.55. The van der Waals surface area contributed by atoms with Crippen LogP contribution in [0.15, 0.2) is 30.3 Å². The number of nitrogens with zero attached hydrogens (tertiary/aromatic N) is 1. The molecule has 0 aliphatic carbocycles. The van der Waals surface area contributed by atoms with Gasteiger partial charge < -0.3 is 10.2 Å². The summed E-state index contributed by atoms with van der Waals surface area (Å²) in [6.07, 6.45) is 5.34. The molecule has 112 valence electrons. The van der Waals surface area contributed by atoms with Gasteiger partial charge in [-0.25, -0.2) is 0 Å². The van der Waals surface area contributed by atoms with E-state index in [1.54, 1.807) is 0 Å². The summed E-state index contributed by atoms with van der Waals surface area (Å²) in [6, 6.07) is 10.1. The van der Waals surface area contributed by atoms with Crippen LogP contribution >= 0.6 is 0 Å². The Bertz CT molecular complexity index is 515. The van der Waals surface area contributed by atoms with Gasteiger partial charge in [-0.1, -0.05) is 30.3 Å². The highest BCUT2D eigenvalue weighted by molar-refractivity contribution is 5.89. The highest BCUT2D eigenvalue weighted by atomic mass is 16.2. The van der Waals surface area contributed by atoms with E-state index in [9.17, 15) is 9.59 Å². The van der Waals surface area contributed by atoms with Gasteiger partial charge in [-0.05, 0) is 37.7 Å². The summed E-state index contributed by atoms with van der Waals surface area (Å²) < 4.78 is 0. The van der Waals surface area contributed by atoms with Crippen LogP contribution in [-0.4, -0.2) is 29.3 Å². The molecule has 4 nitrogen and oxygen atoms in total. The van der Waals surface area contributed by atoms with Gasteiger partial charge in [0.05, 0.1) is 6.04 Å². The number of likely N-dealkylation sites (tertiary alicyclic amines) is 1. The topological polar surface area (TPSA) is 49.4 Å². The SMILES string of the molecule is O=C1CCC[C@H](C(=O)N2CCCCC2c2ccccc2)N1. The van der Waals surface area contributed by atoms with Crippen LogP contribution in [0.4, 0.5) is 0 Å². The smallest absolute Gasteiger partial charge is 0.245 e.